The molecule has 1 N–H and O–H groups in total. The molecule has 1 aliphatic heterocycles. The minimum Gasteiger partial charge on any atom is -0.473 e. The molecule has 8 nitrogen and oxygen atoms in total. The summed E-state index contributed by atoms with van der Waals surface area (Å²) >= 11 is 0. The van der Waals surface area contributed by atoms with Gasteiger partial charge in [0.15, 0.2) is 5.52 Å². The first-order valence-electron chi connectivity index (χ1n) is 10.5. The highest BCUT2D eigenvalue weighted by atomic mass is 16.5. The van der Waals surface area contributed by atoms with Crippen LogP contribution in [0.5, 0.6) is 5.88 Å². The molecule has 1 saturated heterocycles. The molecule has 31 heavy (non-hydrogen) atoms. The van der Waals surface area contributed by atoms with Crippen molar-refractivity contribution < 1.29 is 14.3 Å². The van der Waals surface area contributed by atoms with Gasteiger partial charge in [0.2, 0.25) is 11.8 Å². The first kappa shape index (κ1) is 21.0. The molecule has 1 fully saturated rings. The number of hydrogen-bond acceptors (Lipinski definition) is 7. The molecule has 0 aliphatic carbocycles. The Kier molecular flexibility index (Phi) is 6.27. The van der Waals surface area contributed by atoms with Crippen LogP contribution in [0.2, 0.25) is 0 Å². The average Bonchev–Trinajstić information content (AvgIpc) is 2.77. The summed E-state index contributed by atoms with van der Waals surface area (Å²) in [6, 6.07) is 10.4. The number of morpholine rings is 1. The molecule has 1 aromatic carbocycles. The summed E-state index contributed by atoms with van der Waals surface area (Å²) in [6.07, 6.45) is 3.06. The molecule has 0 radical (unpaired) electrons. The normalized spacial score (nSPS) is 16.5. The maximum absolute atomic E-state index is 11.7. The third kappa shape index (κ3) is 5.08. The van der Waals surface area contributed by atoms with E-state index in [9.17, 15) is 4.79 Å². The van der Waals surface area contributed by atoms with Crippen molar-refractivity contribution >= 4 is 22.6 Å². The fourth-order valence-electron chi connectivity index (χ4n) is 3.54. The molecule has 0 bridgehead atoms. The second-order valence-electron chi connectivity index (χ2n) is 7.88. The van der Waals surface area contributed by atoms with Crippen molar-refractivity contribution in [3.05, 3.63) is 42.7 Å². The number of aromatic nitrogens is 3. The highest BCUT2D eigenvalue weighted by Gasteiger charge is 2.23. The summed E-state index contributed by atoms with van der Waals surface area (Å²) in [5.74, 6) is 0.452. The van der Waals surface area contributed by atoms with Gasteiger partial charge in [-0.2, -0.15) is 0 Å². The van der Waals surface area contributed by atoms with Crippen molar-refractivity contribution in [3.8, 4) is 17.1 Å². The Hall–Kier alpha value is -3.26. The second-order valence-corrected chi connectivity index (χ2v) is 7.88. The molecular weight excluding hydrogens is 394 g/mol. The number of ether oxygens (including phenoxy) is 2. The summed E-state index contributed by atoms with van der Waals surface area (Å²) in [4.78, 5) is 27.0. The van der Waals surface area contributed by atoms with E-state index in [2.05, 4.69) is 29.1 Å². The van der Waals surface area contributed by atoms with Gasteiger partial charge in [0.05, 0.1) is 24.4 Å². The van der Waals surface area contributed by atoms with E-state index in [-0.39, 0.29) is 18.6 Å². The molecule has 3 aromatic rings. The zero-order valence-electron chi connectivity index (χ0n) is 18.0. The van der Waals surface area contributed by atoms with E-state index in [0.29, 0.717) is 42.7 Å². The Morgan fingerprint density at radius 1 is 1.26 bits per heavy atom. The van der Waals surface area contributed by atoms with Crippen LogP contribution >= 0.6 is 0 Å². The zero-order chi connectivity index (χ0) is 21.8. The van der Waals surface area contributed by atoms with Crippen LogP contribution in [-0.2, 0) is 9.53 Å². The third-order valence-electron chi connectivity index (χ3n) is 5.05. The monoisotopic (exact) mass is 421 g/mol. The van der Waals surface area contributed by atoms with Gasteiger partial charge >= 0.3 is 0 Å². The molecule has 3 heterocycles. The minimum absolute atomic E-state index is 0.0418. The standard InChI is InChI=1S/C23H27N5O3/c1-15(2)26-18-6-4-17(5-7-18)20-12-21-22(25-9-8-24-21)23(27-20)31-14-19-13-28(16(3)29)10-11-30-19/h4-9,12,15,19,26H,10-11,13-14H2,1-3H3/t19-/m0/s1. The van der Waals surface area contributed by atoms with Gasteiger partial charge in [-0.1, -0.05) is 12.1 Å². The van der Waals surface area contributed by atoms with E-state index < -0.39 is 0 Å². The number of carbonyl (C=O) groups excluding carboxylic acids is 1. The van der Waals surface area contributed by atoms with Crippen LogP contribution in [0.25, 0.3) is 22.3 Å². The van der Waals surface area contributed by atoms with Crippen molar-refractivity contribution in [2.75, 3.05) is 31.6 Å². The number of hydrogen-bond donors (Lipinski definition) is 1. The number of benzene rings is 1. The lowest BCUT2D eigenvalue weighted by Crippen LogP contribution is -2.46. The minimum atomic E-state index is -0.212. The Balaban J connectivity index is 1.57. The Morgan fingerprint density at radius 3 is 2.77 bits per heavy atom. The highest BCUT2D eigenvalue weighted by molar-refractivity contribution is 5.83. The van der Waals surface area contributed by atoms with Crippen LogP contribution in [0, 0.1) is 0 Å². The third-order valence-corrected chi connectivity index (χ3v) is 5.05. The van der Waals surface area contributed by atoms with E-state index in [1.54, 1.807) is 24.2 Å². The van der Waals surface area contributed by atoms with Crippen molar-refractivity contribution in [2.24, 2.45) is 0 Å². The summed E-state index contributed by atoms with van der Waals surface area (Å²) in [6.45, 7) is 7.67. The topological polar surface area (TPSA) is 89.5 Å². The zero-order valence-corrected chi connectivity index (χ0v) is 18.0. The first-order valence-corrected chi connectivity index (χ1v) is 10.5. The van der Waals surface area contributed by atoms with Gasteiger partial charge < -0.3 is 19.7 Å². The average molecular weight is 422 g/mol. The van der Waals surface area contributed by atoms with Crippen molar-refractivity contribution in [2.45, 2.75) is 32.9 Å². The maximum atomic E-state index is 11.7. The number of pyridine rings is 1. The summed E-state index contributed by atoms with van der Waals surface area (Å²) in [5.41, 5.74) is 4.09. The molecule has 1 atom stereocenters. The molecule has 0 saturated carbocycles. The summed E-state index contributed by atoms with van der Waals surface area (Å²) in [5, 5.41) is 3.38. The quantitative estimate of drug-likeness (QED) is 0.654. The van der Waals surface area contributed by atoms with Gasteiger partial charge in [0.25, 0.3) is 0 Å². The molecule has 0 unspecified atom stereocenters. The van der Waals surface area contributed by atoms with Gasteiger partial charge in [-0.25, -0.2) is 9.97 Å². The largest absolute Gasteiger partial charge is 0.473 e. The molecule has 162 valence electrons. The number of nitrogens with one attached hydrogen (secondary N) is 1. The lowest BCUT2D eigenvalue weighted by atomic mass is 10.1. The number of carbonyl (C=O) groups is 1. The second kappa shape index (κ2) is 9.26. The van der Waals surface area contributed by atoms with Gasteiger partial charge in [-0.15, -0.1) is 0 Å². The number of amides is 1. The van der Waals surface area contributed by atoms with Crippen molar-refractivity contribution in [1.82, 2.24) is 19.9 Å². The van der Waals surface area contributed by atoms with Crippen molar-refractivity contribution in [1.29, 1.82) is 0 Å². The van der Waals surface area contributed by atoms with E-state index >= 15 is 0 Å². The number of nitrogens with zero attached hydrogens (tertiary/aromatic N) is 4. The number of anilines is 1. The maximum Gasteiger partial charge on any atom is 0.242 e. The Morgan fingerprint density at radius 2 is 2.03 bits per heavy atom. The Bertz CT molecular complexity index is 1050. The smallest absolute Gasteiger partial charge is 0.242 e. The van der Waals surface area contributed by atoms with E-state index in [1.165, 1.54) is 0 Å². The van der Waals surface area contributed by atoms with Crippen LogP contribution in [0.4, 0.5) is 5.69 Å². The van der Waals surface area contributed by atoms with Crippen LogP contribution in [0.1, 0.15) is 20.8 Å². The predicted octanol–water partition coefficient (Wildman–Crippen LogP) is 3.14. The van der Waals surface area contributed by atoms with Crippen LogP contribution < -0.4 is 10.1 Å². The number of rotatable bonds is 6. The van der Waals surface area contributed by atoms with Gasteiger partial charge in [-0.3, -0.25) is 9.78 Å². The van der Waals surface area contributed by atoms with E-state index in [0.717, 1.165) is 16.9 Å². The Labute approximate surface area is 181 Å². The summed E-state index contributed by atoms with van der Waals surface area (Å²) < 4.78 is 11.8. The van der Waals surface area contributed by atoms with Crippen LogP contribution in [0.3, 0.4) is 0 Å². The van der Waals surface area contributed by atoms with Gasteiger partial charge in [0, 0.05) is 43.2 Å². The number of fused-ring (bicyclic) bond motifs is 1. The van der Waals surface area contributed by atoms with E-state index in [4.69, 9.17) is 14.5 Å². The van der Waals surface area contributed by atoms with Crippen molar-refractivity contribution in [3.63, 3.8) is 0 Å². The SMILES string of the molecule is CC(=O)N1CCO[C@H](COc2nc(-c3ccc(NC(C)C)cc3)cc3nccnc23)C1. The molecule has 8 heteroatoms. The molecule has 1 aliphatic rings. The molecule has 2 aromatic heterocycles. The van der Waals surface area contributed by atoms with E-state index in [1.807, 2.05) is 30.3 Å². The molecule has 1 amide bonds. The first-order chi connectivity index (χ1) is 15.0. The van der Waals surface area contributed by atoms with Gasteiger partial charge in [0.1, 0.15) is 12.7 Å². The van der Waals surface area contributed by atoms with Gasteiger partial charge in [-0.05, 0) is 32.0 Å². The fourth-order valence-corrected chi connectivity index (χ4v) is 3.54. The predicted molar refractivity (Wildman–Crippen MR) is 119 cm³/mol. The fraction of sp³-hybridized carbons (Fsp3) is 0.391. The molecule has 0 spiro atoms. The van der Waals surface area contributed by atoms with Crippen LogP contribution in [-0.4, -0.2) is 64.2 Å². The lowest BCUT2D eigenvalue weighted by molar-refractivity contribution is -0.137. The van der Waals surface area contributed by atoms with Crippen LogP contribution in [0.15, 0.2) is 42.7 Å². The molecular formula is C23H27N5O3. The summed E-state index contributed by atoms with van der Waals surface area (Å²) in [7, 11) is 0. The highest BCUT2D eigenvalue weighted by Crippen LogP contribution is 2.28. The molecule has 4 rings (SSSR count). The lowest BCUT2D eigenvalue weighted by Gasteiger charge is -2.32.